The van der Waals surface area contributed by atoms with Crippen molar-refractivity contribution in [3.63, 3.8) is 0 Å². The first kappa shape index (κ1) is 18.8. The van der Waals surface area contributed by atoms with Crippen molar-refractivity contribution in [2.45, 2.75) is 6.92 Å². The molecule has 31 heavy (non-hydrogen) atoms. The van der Waals surface area contributed by atoms with E-state index in [9.17, 15) is 0 Å². The zero-order chi connectivity index (χ0) is 21.0. The normalized spacial score (nSPS) is 11.3. The topological polar surface area (TPSA) is 63.3 Å². The highest BCUT2D eigenvalue weighted by Crippen LogP contribution is 2.28. The van der Waals surface area contributed by atoms with Gasteiger partial charge in [0.25, 0.3) is 0 Å². The predicted molar refractivity (Wildman–Crippen MR) is 125 cm³/mol. The van der Waals surface area contributed by atoms with Crippen molar-refractivity contribution in [3.8, 4) is 22.4 Å². The van der Waals surface area contributed by atoms with Gasteiger partial charge in [-0.1, -0.05) is 60.7 Å². The maximum absolute atomic E-state index is 5.23. The minimum absolute atomic E-state index is 0.612. The monoisotopic (exact) mass is 404 g/mol. The highest BCUT2D eigenvalue weighted by molar-refractivity contribution is 5.91. The Balaban J connectivity index is 1.53. The van der Waals surface area contributed by atoms with Crippen molar-refractivity contribution in [2.24, 2.45) is 5.10 Å². The van der Waals surface area contributed by atoms with E-state index in [0.717, 1.165) is 44.5 Å². The van der Waals surface area contributed by atoms with Gasteiger partial charge >= 0.3 is 0 Å². The molecule has 1 N–H and O–H groups in total. The summed E-state index contributed by atoms with van der Waals surface area (Å²) in [5, 5.41) is 4.49. The molecule has 0 saturated carbocycles. The lowest BCUT2D eigenvalue weighted by atomic mass is 10.0. The minimum atomic E-state index is 0.612. The molecule has 0 atom stereocenters. The van der Waals surface area contributed by atoms with Gasteiger partial charge in [-0.25, -0.2) is 9.97 Å². The van der Waals surface area contributed by atoms with Gasteiger partial charge in [0.15, 0.2) is 5.82 Å². The number of hydrogen-bond donors (Lipinski definition) is 1. The summed E-state index contributed by atoms with van der Waals surface area (Å²) in [5.41, 5.74) is 10.7. The van der Waals surface area contributed by atoms with E-state index in [1.54, 1.807) is 18.7 Å². The fourth-order valence-electron chi connectivity index (χ4n) is 3.49. The predicted octanol–water partition coefficient (Wildman–Crippen LogP) is 6.31. The number of hydrogen-bond acceptors (Lipinski definition) is 5. The van der Waals surface area contributed by atoms with E-state index in [-0.39, 0.29) is 0 Å². The quantitative estimate of drug-likeness (QED) is 0.275. The Morgan fingerprint density at radius 1 is 0.839 bits per heavy atom. The molecule has 5 aromatic rings. The average molecular weight is 404 g/mol. The first-order valence-corrected chi connectivity index (χ1v) is 10.0. The van der Waals surface area contributed by atoms with Gasteiger partial charge in [-0.05, 0) is 36.2 Å². The van der Waals surface area contributed by atoms with Gasteiger partial charge in [0.05, 0.1) is 29.8 Å². The van der Waals surface area contributed by atoms with Crippen LogP contribution in [0.25, 0.3) is 33.4 Å². The molecule has 3 aromatic carbocycles. The third-order valence-electron chi connectivity index (χ3n) is 5.03. The van der Waals surface area contributed by atoms with Crippen molar-refractivity contribution in [2.75, 3.05) is 5.43 Å². The van der Waals surface area contributed by atoms with E-state index in [2.05, 4.69) is 10.5 Å². The van der Waals surface area contributed by atoms with E-state index >= 15 is 0 Å². The molecular weight excluding hydrogens is 384 g/mol. The van der Waals surface area contributed by atoms with Gasteiger partial charge < -0.3 is 4.42 Å². The number of fused-ring (bicyclic) bond motifs is 1. The van der Waals surface area contributed by atoms with Gasteiger partial charge in [-0.15, -0.1) is 0 Å². The summed E-state index contributed by atoms with van der Waals surface area (Å²) in [5.74, 6) is 0.612. The Kier molecular flexibility index (Phi) is 4.99. The molecule has 0 amide bonds. The van der Waals surface area contributed by atoms with E-state index in [4.69, 9.17) is 14.4 Å². The number of hydrazone groups is 1. The summed E-state index contributed by atoms with van der Waals surface area (Å²) in [6, 6.07) is 26.1. The standard InChI is InChI=1S/C26H20N4O/c1-18-11-12-23-24(15-18)29-26(25(28-23)19-7-3-2-4-8-19)30-27-16-20-9-5-6-10-22(20)21-13-14-31-17-21/h2-17H,1H3,(H,29,30)/b27-16+. The number of nitrogens with one attached hydrogen (secondary N) is 1. The molecule has 0 aliphatic carbocycles. The summed E-state index contributed by atoms with van der Waals surface area (Å²) in [6.45, 7) is 2.05. The molecular formula is C26H20N4O. The zero-order valence-electron chi connectivity index (χ0n) is 17.0. The van der Waals surface area contributed by atoms with Crippen molar-refractivity contribution in [1.29, 1.82) is 0 Å². The Hall–Kier alpha value is -4.25. The van der Waals surface area contributed by atoms with Gasteiger partial charge in [0.2, 0.25) is 0 Å². The van der Waals surface area contributed by atoms with Gasteiger partial charge in [0, 0.05) is 16.7 Å². The zero-order valence-corrected chi connectivity index (χ0v) is 17.0. The van der Waals surface area contributed by atoms with E-state index < -0.39 is 0 Å². The summed E-state index contributed by atoms with van der Waals surface area (Å²) in [7, 11) is 0. The van der Waals surface area contributed by atoms with Crippen LogP contribution in [-0.4, -0.2) is 16.2 Å². The van der Waals surface area contributed by atoms with E-state index in [0.29, 0.717) is 5.82 Å². The van der Waals surface area contributed by atoms with E-state index in [1.807, 2.05) is 85.8 Å². The van der Waals surface area contributed by atoms with Gasteiger partial charge in [0.1, 0.15) is 5.69 Å². The summed E-state index contributed by atoms with van der Waals surface area (Å²) >= 11 is 0. The van der Waals surface area contributed by atoms with Crippen molar-refractivity contribution < 1.29 is 4.42 Å². The molecule has 0 unspecified atom stereocenters. The van der Waals surface area contributed by atoms with Crippen LogP contribution < -0.4 is 5.43 Å². The number of furan rings is 1. The smallest absolute Gasteiger partial charge is 0.173 e. The highest BCUT2D eigenvalue weighted by Gasteiger charge is 2.11. The molecule has 5 heteroatoms. The van der Waals surface area contributed by atoms with Crippen molar-refractivity contribution in [1.82, 2.24) is 9.97 Å². The Labute approximate surface area is 180 Å². The second-order valence-electron chi connectivity index (χ2n) is 7.25. The molecule has 0 radical (unpaired) electrons. The maximum Gasteiger partial charge on any atom is 0.173 e. The largest absolute Gasteiger partial charge is 0.472 e. The molecule has 0 bridgehead atoms. The van der Waals surface area contributed by atoms with Crippen LogP contribution in [0.15, 0.2) is 101 Å². The molecule has 2 aromatic heterocycles. The molecule has 150 valence electrons. The Morgan fingerprint density at radius 2 is 1.68 bits per heavy atom. The molecule has 0 aliphatic heterocycles. The fraction of sp³-hybridized carbons (Fsp3) is 0.0385. The number of nitrogens with zero attached hydrogens (tertiary/aromatic N) is 3. The summed E-state index contributed by atoms with van der Waals surface area (Å²) < 4.78 is 5.23. The third kappa shape index (κ3) is 3.94. The number of benzene rings is 3. The van der Waals surface area contributed by atoms with Crippen LogP contribution >= 0.6 is 0 Å². The van der Waals surface area contributed by atoms with Crippen molar-refractivity contribution >= 4 is 23.1 Å². The van der Waals surface area contributed by atoms with Crippen LogP contribution in [0.3, 0.4) is 0 Å². The first-order valence-electron chi connectivity index (χ1n) is 10.0. The molecule has 0 spiro atoms. The third-order valence-corrected chi connectivity index (χ3v) is 5.03. The van der Waals surface area contributed by atoms with Crippen LogP contribution in [0.4, 0.5) is 5.82 Å². The Morgan fingerprint density at radius 3 is 2.52 bits per heavy atom. The number of anilines is 1. The fourth-order valence-corrected chi connectivity index (χ4v) is 3.49. The van der Waals surface area contributed by atoms with Crippen LogP contribution in [-0.2, 0) is 0 Å². The van der Waals surface area contributed by atoms with Crippen LogP contribution in [0.2, 0.25) is 0 Å². The molecule has 5 nitrogen and oxygen atoms in total. The molecule has 0 saturated heterocycles. The number of aryl methyl sites for hydroxylation is 1. The second kappa shape index (κ2) is 8.24. The maximum atomic E-state index is 5.23. The lowest BCUT2D eigenvalue weighted by Gasteiger charge is -2.10. The number of aromatic nitrogens is 2. The molecule has 0 aliphatic rings. The SMILES string of the molecule is Cc1ccc2nc(-c3ccccc3)c(N/N=C/c3ccccc3-c3ccoc3)nc2c1. The van der Waals surface area contributed by atoms with Crippen LogP contribution in [0, 0.1) is 6.92 Å². The summed E-state index contributed by atoms with van der Waals surface area (Å²) in [4.78, 5) is 9.67. The Bertz CT molecular complexity index is 1360. The van der Waals surface area contributed by atoms with Crippen LogP contribution in [0.1, 0.15) is 11.1 Å². The molecule has 0 fully saturated rings. The first-order chi connectivity index (χ1) is 15.3. The second-order valence-corrected chi connectivity index (χ2v) is 7.25. The minimum Gasteiger partial charge on any atom is -0.472 e. The van der Waals surface area contributed by atoms with Gasteiger partial charge in [-0.3, -0.25) is 5.43 Å². The number of rotatable bonds is 5. The van der Waals surface area contributed by atoms with Gasteiger partial charge in [-0.2, -0.15) is 5.10 Å². The lowest BCUT2D eigenvalue weighted by molar-refractivity contribution is 0.568. The van der Waals surface area contributed by atoms with E-state index in [1.165, 1.54) is 0 Å². The summed E-state index contributed by atoms with van der Waals surface area (Å²) in [6.07, 6.45) is 5.18. The highest BCUT2D eigenvalue weighted by atomic mass is 16.3. The average Bonchev–Trinajstić information content (AvgIpc) is 3.34. The lowest BCUT2D eigenvalue weighted by Crippen LogP contribution is -2.00. The van der Waals surface area contributed by atoms with Crippen molar-refractivity contribution in [3.05, 3.63) is 103 Å². The van der Waals surface area contributed by atoms with Crippen LogP contribution in [0.5, 0.6) is 0 Å². The molecule has 2 heterocycles. The molecule has 5 rings (SSSR count).